The van der Waals surface area contributed by atoms with Gasteiger partial charge in [0, 0.05) is 13.0 Å². The summed E-state index contributed by atoms with van der Waals surface area (Å²) in [7, 11) is 0. The standard InChI is InChI=1S/C13H6F17N3O/c14-6(15,1-2-33-3-5(4-34)31-32-33)7(16,17)8(18,19)9(20,21)10(22,23)11(24,25)12(26,27)13(28,29)30/h3-4H,1-2H2. The van der Waals surface area contributed by atoms with Gasteiger partial charge in [0.1, 0.15) is 5.69 Å². The topological polar surface area (TPSA) is 47.8 Å². The van der Waals surface area contributed by atoms with E-state index in [1.165, 1.54) is 0 Å². The minimum Gasteiger partial charge on any atom is -0.296 e. The number of hydrogen-bond acceptors (Lipinski definition) is 3. The first-order chi connectivity index (χ1) is 14.8. The molecule has 0 N–H and O–H groups in total. The van der Waals surface area contributed by atoms with Crippen molar-refractivity contribution in [2.24, 2.45) is 0 Å². The Hall–Kier alpha value is -2.38. The van der Waals surface area contributed by atoms with Crippen molar-refractivity contribution in [2.45, 2.75) is 60.6 Å². The van der Waals surface area contributed by atoms with Crippen LogP contribution >= 0.6 is 0 Å². The van der Waals surface area contributed by atoms with E-state index in [1.807, 2.05) is 0 Å². The highest BCUT2D eigenvalue weighted by Crippen LogP contribution is 2.64. The molecule has 0 aliphatic carbocycles. The molecule has 0 radical (unpaired) electrons. The summed E-state index contributed by atoms with van der Waals surface area (Å²) in [6.07, 6.45) is -10.2. The van der Waals surface area contributed by atoms with Crippen molar-refractivity contribution in [3.63, 3.8) is 0 Å². The van der Waals surface area contributed by atoms with E-state index in [0.717, 1.165) is 0 Å². The van der Waals surface area contributed by atoms with E-state index >= 15 is 0 Å². The van der Waals surface area contributed by atoms with Crippen LogP contribution < -0.4 is 0 Å². The number of carbonyl (C=O) groups excluding carboxylic acids is 1. The number of nitrogens with zero attached hydrogens (tertiary/aromatic N) is 3. The molecule has 0 atom stereocenters. The maximum atomic E-state index is 13.7. The van der Waals surface area contributed by atoms with E-state index in [2.05, 4.69) is 10.3 Å². The third kappa shape index (κ3) is 4.03. The maximum absolute atomic E-state index is 13.7. The molecule has 1 heterocycles. The summed E-state index contributed by atoms with van der Waals surface area (Å²) in [5.41, 5.74) is -0.653. The van der Waals surface area contributed by atoms with Crippen molar-refractivity contribution in [3.8, 4) is 0 Å². The lowest BCUT2D eigenvalue weighted by molar-refractivity contribution is -0.461. The molecular formula is C13H6F17N3O. The highest BCUT2D eigenvalue weighted by Gasteiger charge is 2.95. The number of aryl methyl sites for hydroxylation is 1. The van der Waals surface area contributed by atoms with E-state index in [-0.39, 0.29) is 11.0 Å². The first-order valence-electron chi connectivity index (χ1n) is 7.83. The lowest BCUT2D eigenvalue weighted by atomic mass is 9.88. The molecule has 198 valence electrons. The molecule has 0 aliphatic heterocycles. The molecular weight excluding hydrogens is 537 g/mol. The average molecular weight is 543 g/mol. The van der Waals surface area contributed by atoms with Crippen LogP contribution in [0.5, 0.6) is 0 Å². The molecule has 0 amide bonds. The molecule has 0 fully saturated rings. The number of hydrogen-bond donors (Lipinski definition) is 0. The molecule has 1 rings (SSSR count). The van der Waals surface area contributed by atoms with Crippen LogP contribution in [0.4, 0.5) is 74.6 Å². The van der Waals surface area contributed by atoms with Gasteiger partial charge in [0.15, 0.2) is 6.29 Å². The Bertz CT molecular complexity index is 887. The Kier molecular flexibility index (Phi) is 7.06. The predicted molar refractivity (Wildman–Crippen MR) is 70.7 cm³/mol. The Morgan fingerprint density at radius 1 is 0.647 bits per heavy atom. The maximum Gasteiger partial charge on any atom is 0.460 e. The van der Waals surface area contributed by atoms with Gasteiger partial charge in [-0.1, -0.05) is 5.21 Å². The highest BCUT2D eigenvalue weighted by atomic mass is 19.4. The van der Waals surface area contributed by atoms with Crippen molar-refractivity contribution in [3.05, 3.63) is 11.9 Å². The second-order valence-electron chi connectivity index (χ2n) is 6.42. The molecule has 0 spiro atoms. The van der Waals surface area contributed by atoms with Crippen molar-refractivity contribution in [1.82, 2.24) is 15.0 Å². The van der Waals surface area contributed by atoms with Gasteiger partial charge in [-0.05, 0) is 0 Å². The number of carbonyl (C=O) groups is 1. The van der Waals surface area contributed by atoms with E-state index in [1.54, 1.807) is 0 Å². The first-order valence-corrected chi connectivity index (χ1v) is 7.83. The van der Waals surface area contributed by atoms with Crippen LogP contribution in [-0.2, 0) is 6.54 Å². The number of alkyl halides is 17. The molecule has 0 saturated heterocycles. The summed E-state index contributed by atoms with van der Waals surface area (Å²) < 4.78 is 223. The minimum absolute atomic E-state index is 0.0661. The van der Waals surface area contributed by atoms with Crippen LogP contribution in [0, 0.1) is 0 Å². The fraction of sp³-hybridized carbons (Fsp3) is 0.769. The Balaban J connectivity index is 3.44. The van der Waals surface area contributed by atoms with Crippen LogP contribution in [0.2, 0.25) is 0 Å². The van der Waals surface area contributed by atoms with Gasteiger partial charge in [0.05, 0.1) is 6.20 Å². The molecule has 0 aliphatic rings. The molecule has 21 heteroatoms. The van der Waals surface area contributed by atoms with Gasteiger partial charge in [-0.25, -0.2) is 0 Å². The number of halogens is 17. The molecule has 0 unspecified atom stereocenters. The zero-order valence-corrected chi connectivity index (χ0v) is 15.2. The zero-order chi connectivity index (χ0) is 27.4. The molecule has 0 aromatic carbocycles. The SMILES string of the molecule is O=Cc1cn(CCC(F)(F)C(F)(F)C(F)(F)C(F)(F)C(F)(F)C(F)(F)C(F)(F)C(F)(F)F)nn1. The second kappa shape index (κ2) is 8.09. The van der Waals surface area contributed by atoms with E-state index in [4.69, 9.17) is 0 Å². The van der Waals surface area contributed by atoms with Crippen molar-refractivity contribution in [1.29, 1.82) is 0 Å². The largest absolute Gasteiger partial charge is 0.460 e. The highest BCUT2D eigenvalue weighted by molar-refractivity contribution is 5.70. The average Bonchev–Trinajstić information content (AvgIpc) is 3.12. The van der Waals surface area contributed by atoms with Gasteiger partial charge in [0.25, 0.3) is 0 Å². The van der Waals surface area contributed by atoms with Gasteiger partial charge in [0.2, 0.25) is 0 Å². The monoisotopic (exact) mass is 543 g/mol. The van der Waals surface area contributed by atoms with Crippen LogP contribution in [0.1, 0.15) is 16.9 Å². The Labute approximate surface area is 174 Å². The fourth-order valence-corrected chi connectivity index (χ4v) is 2.09. The summed E-state index contributed by atoms with van der Waals surface area (Å²) in [4.78, 5) is 10.3. The number of aldehydes is 1. The third-order valence-corrected chi connectivity index (χ3v) is 4.12. The van der Waals surface area contributed by atoms with E-state index < -0.39 is 66.3 Å². The zero-order valence-electron chi connectivity index (χ0n) is 15.2. The molecule has 1 aromatic rings. The lowest BCUT2D eigenvalue weighted by Gasteiger charge is -2.42. The normalized spacial score (nSPS) is 15.6. The van der Waals surface area contributed by atoms with E-state index in [0.29, 0.717) is 6.20 Å². The van der Waals surface area contributed by atoms with Crippen LogP contribution in [0.25, 0.3) is 0 Å². The van der Waals surface area contributed by atoms with E-state index in [9.17, 15) is 79.4 Å². The van der Waals surface area contributed by atoms with Crippen molar-refractivity contribution < 1.29 is 79.4 Å². The van der Waals surface area contributed by atoms with Crippen LogP contribution in [-0.4, -0.2) is 68.9 Å². The van der Waals surface area contributed by atoms with Gasteiger partial charge in [-0.3, -0.25) is 9.48 Å². The summed E-state index contributed by atoms with van der Waals surface area (Å²) in [5, 5.41) is 5.70. The van der Waals surface area contributed by atoms with Gasteiger partial charge < -0.3 is 0 Å². The molecule has 0 bridgehead atoms. The molecule has 34 heavy (non-hydrogen) atoms. The Morgan fingerprint density at radius 2 is 1.03 bits per heavy atom. The van der Waals surface area contributed by atoms with Gasteiger partial charge >= 0.3 is 47.6 Å². The summed E-state index contributed by atoms with van der Waals surface area (Å²) in [5.74, 6) is -56.6. The smallest absolute Gasteiger partial charge is 0.296 e. The second-order valence-corrected chi connectivity index (χ2v) is 6.42. The predicted octanol–water partition coefficient (Wildman–Crippen LogP) is 5.49. The van der Waals surface area contributed by atoms with Crippen molar-refractivity contribution >= 4 is 6.29 Å². The summed E-state index contributed by atoms with van der Waals surface area (Å²) in [6, 6.07) is 0. The Morgan fingerprint density at radius 3 is 1.38 bits per heavy atom. The summed E-state index contributed by atoms with van der Waals surface area (Å²) in [6.45, 7) is -1.66. The van der Waals surface area contributed by atoms with Crippen LogP contribution in [0.15, 0.2) is 6.20 Å². The van der Waals surface area contributed by atoms with Crippen LogP contribution in [0.3, 0.4) is 0 Å². The number of rotatable bonds is 10. The minimum atomic E-state index is -8.66. The van der Waals surface area contributed by atoms with Gasteiger partial charge in [-0.15, -0.1) is 5.10 Å². The molecule has 4 nitrogen and oxygen atoms in total. The fourth-order valence-electron chi connectivity index (χ4n) is 2.09. The first kappa shape index (κ1) is 29.7. The van der Waals surface area contributed by atoms with Gasteiger partial charge in [-0.2, -0.15) is 74.6 Å². The van der Waals surface area contributed by atoms with Crippen molar-refractivity contribution in [2.75, 3.05) is 0 Å². The molecule has 1 aromatic heterocycles. The molecule has 0 saturated carbocycles. The lowest BCUT2D eigenvalue weighted by Crippen LogP contribution is -2.74. The number of aromatic nitrogens is 3. The quantitative estimate of drug-likeness (QED) is 0.290. The third-order valence-electron chi connectivity index (χ3n) is 4.12. The summed E-state index contributed by atoms with van der Waals surface area (Å²) >= 11 is 0.